The van der Waals surface area contributed by atoms with Gasteiger partial charge < -0.3 is 4.74 Å². The van der Waals surface area contributed by atoms with Crippen LogP contribution in [0.1, 0.15) is 10.4 Å². The molecule has 0 aliphatic carbocycles. The zero-order valence-electron chi connectivity index (χ0n) is 8.33. The lowest BCUT2D eigenvalue weighted by molar-refractivity contribution is 0.0602. The predicted molar refractivity (Wildman–Crippen MR) is 68.5 cm³/mol. The minimum absolute atomic E-state index is 0.388. The third-order valence-electron chi connectivity index (χ3n) is 2.12. The van der Waals surface area contributed by atoms with Crippen LogP contribution in [0.25, 0.3) is 10.9 Å². The summed E-state index contributed by atoms with van der Waals surface area (Å²) in [6.07, 6.45) is 1.66. The van der Waals surface area contributed by atoms with E-state index in [1.165, 1.54) is 7.11 Å². The van der Waals surface area contributed by atoms with E-state index >= 15 is 0 Å². The maximum Gasteiger partial charge on any atom is 0.340 e. The summed E-state index contributed by atoms with van der Waals surface area (Å²) >= 11 is 6.70. The van der Waals surface area contributed by atoms with Crippen LogP contribution in [-0.2, 0) is 4.74 Å². The number of methoxy groups -OCH3 is 1. The van der Waals surface area contributed by atoms with Crippen LogP contribution in [0.2, 0.25) is 0 Å². The molecule has 0 saturated carbocycles. The molecule has 0 aliphatic heterocycles. The highest BCUT2D eigenvalue weighted by molar-refractivity contribution is 9.10. The van der Waals surface area contributed by atoms with Gasteiger partial charge in [-0.05, 0) is 34.1 Å². The predicted octanol–water partition coefficient (Wildman–Crippen LogP) is 3.55. The summed E-state index contributed by atoms with van der Waals surface area (Å²) in [7, 11) is 1.36. The summed E-state index contributed by atoms with van der Waals surface area (Å²) in [4.78, 5) is 15.8. The second-order valence-corrected chi connectivity index (χ2v) is 5.00. The van der Waals surface area contributed by atoms with E-state index in [9.17, 15) is 4.79 Å². The molecule has 1 heterocycles. The minimum Gasteiger partial charge on any atom is -0.465 e. The molecule has 5 heteroatoms. The van der Waals surface area contributed by atoms with Gasteiger partial charge in [0.1, 0.15) is 0 Å². The van der Waals surface area contributed by atoms with Crippen LogP contribution in [0.5, 0.6) is 0 Å². The molecule has 0 aliphatic rings. The van der Waals surface area contributed by atoms with Crippen molar-refractivity contribution < 1.29 is 9.53 Å². The number of esters is 1. The number of halogens is 2. The van der Waals surface area contributed by atoms with Gasteiger partial charge in [0.2, 0.25) is 0 Å². The zero-order chi connectivity index (χ0) is 11.7. The van der Waals surface area contributed by atoms with Crippen LogP contribution in [0.4, 0.5) is 0 Å². The molecule has 0 unspecified atom stereocenters. The van der Waals surface area contributed by atoms with E-state index in [0.717, 1.165) is 14.3 Å². The summed E-state index contributed by atoms with van der Waals surface area (Å²) < 4.78 is 6.41. The maximum atomic E-state index is 11.6. The number of rotatable bonds is 1. The van der Waals surface area contributed by atoms with Gasteiger partial charge in [-0.3, -0.25) is 4.98 Å². The molecule has 16 heavy (non-hydrogen) atoms. The molecule has 2 rings (SSSR count). The van der Waals surface area contributed by atoms with Gasteiger partial charge in [-0.2, -0.15) is 0 Å². The average molecular weight is 345 g/mol. The number of fused-ring (bicyclic) bond motifs is 1. The Morgan fingerprint density at radius 2 is 1.94 bits per heavy atom. The average Bonchev–Trinajstić information content (AvgIpc) is 2.26. The number of benzene rings is 1. The van der Waals surface area contributed by atoms with E-state index in [4.69, 9.17) is 4.74 Å². The number of nitrogens with zero attached hydrogens (tertiary/aromatic N) is 1. The molecule has 0 fully saturated rings. The monoisotopic (exact) mass is 343 g/mol. The van der Waals surface area contributed by atoms with Crippen LogP contribution in [0, 0.1) is 0 Å². The molecule has 0 amide bonds. The van der Waals surface area contributed by atoms with Crippen LogP contribution >= 0.6 is 31.9 Å². The summed E-state index contributed by atoms with van der Waals surface area (Å²) in [5.41, 5.74) is 1.10. The number of pyridine rings is 1. The Morgan fingerprint density at radius 3 is 2.62 bits per heavy atom. The quantitative estimate of drug-likeness (QED) is 0.743. The number of aromatic nitrogens is 1. The van der Waals surface area contributed by atoms with Crippen molar-refractivity contribution in [3.8, 4) is 0 Å². The summed E-state index contributed by atoms with van der Waals surface area (Å²) in [6, 6.07) is 5.51. The van der Waals surface area contributed by atoms with Crippen molar-refractivity contribution in [2.24, 2.45) is 0 Å². The molecule has 0 spiro atoms. The second-order valence-electron chi connectivity index (χ2n) is 3.17. The van der Waals surface area contributed by atoms with E-state index in [0.29, 0.717) is 11.1 Å². The highest BCUT2D eigenvalue weighted by Crippen LogP contribution is 2.25. The fourth-order valence-corrected chi connectivity index (χ4v) is 2.28. The van der Waals surface area contributed by atoms with Gasteiger partial charge in [-0.25, -0.2) is 4.79 Å². The van der Waals surface area contributed by atoms with E-state index in [2.05, 4.69) is 36.8 Å². The molecule has 0 bridgehead atoms. The van der Waals surface area contributed by atoms with Gasteiger partial charge in [0.15, 0.2) is 0 Å². The standard InChI is InChI=1S/C11H7Br2NO2/c1-16-11(15)9-4-7(12)2-6-3-8(13)5-14-10(6)9/h2-5H,1H3. The fourth-order valence-electron chi connectivity index (χ4n) is 1.45. The van der Waals surface area contributed by atoms with Crippen molar-refractivity contribution in [3.63, 3.8) is 0 Å². The number of carbonyl (C=O) groups excluding carboxylic acids is 1. The Bertz CT molecular complexity index is 564. The first-order valence-electron chi connectivity index (χ1n) is 4.45. The van der Waals surface area contributed by atoms with Crippen molar-refractivity contribution in [2.75, 3.05) is 7.11 Å². The lowest BCUT2D eigenvalue weighted by Crippen LogP contribution is -2.03. The first-order chi connectivity index (χ1) is 7.61. The van der Waals surface area contributed by atoms with Crippen LogP contribution in [-0.4, -0.2) is 18.1 Å². The molecule has 3 nitrogen and oxygen atoms in total. The molecule has 2 aromatic rings. The Labute approximate surface area is 109 Å². The lowest BCUT2D eigenvalue weighted by atomic mass is 10.1. The third kappa shape index (κ3) is 2.10. The smallest absolute Gasteiger partial charge is 0.340 e. The largest absolute Gasteiger partial charge is 0.465 e. The van der Waals surface area contributed by atoms with Gasteiger partial charge in [0.05, 0.1) is 18.2 Å². The van der Waals surface area contributed by atoms with Crippen LogP contribution in [0.15, 0.2) is 33.3 Å². The SMILES string of the molecule is COC(=O)c1cc(Br)cc2cc(Br)cnc12. The lowest BCUT2D eigenvalue weighted by Gasteiger charge is -2.05. The number of hydrogen-bond donors (Lipinski definition) is 0. The van der Waals surface area contributed by atoms with Crippen molar-refractivity contribution in [2.45, 2.75) is 0 Å². The van der Waals surface area contributed by atoms with E-state index in [1.54, 1.807) is 12.3 Å². The van der Waals surface area contributed by atoms with E-state index < -0.39 is 0 Å². The maximum absolute atomic E-state index is 11.6. The molecular weight excluding hydrogens is 338 g/mol. The van der Waals surface area contributed by atoms with Gasteiger partial charge in [-0.15, -0.1) is 0 Å². The van der Waals surface area contributed by atoms with Gasteiger partial charge in [0.25, 0.3) is 0 Å². The Morgan fingerprint density at radius 1 is 1.25 bits per heavy atom. The zero-order valence-corrected chi connectivity index (χ0v) is 11.5. The highest BCUT2D eigenvalue weighted by atomic mass is 79.9. The van der Waals surface area contributed by atoms with Crippen molar-refractivity contribution in [3.05, 3.63) is 38.9 Å². The molecule has 1 aromatic heterocycles. The van der Waals surface area contributed by atoms with E-state index in [1.807, 2.05) is 12.1 Å². The van der Waals surface area contributed by atoms with Crippen LogP contribution < -0.4 is 0 Å². The summed E-state index contributed by atoms with van der Waals surface area (Å²) in [5.74, 6) is -0.388. The Kier molecular flexibility index (Phi) is 3.25. The first kappa shape index (κ1) is 11.5. The van der Waals surface area contributed by atoms with Gasteiger partial charge >= 0.3 is 5.97 Å². The number of carbonyl (C=O) groups is 1. The first-order valence-corrected chi connectivity index (χ1v) is 6.03. The van der Waals surface area contributed by atoms with Crippen molar-refractivity contribution in [1.82, 2.24) is 4.98 Å². The minimum atomic E-state index is -0.388. The second kappa shape index (κ2) is 4.51. The third-order valence-corrected chi connectivity index (χ3v) is 3.01. The van der Waals surface area contributed by atoms with Gasteiger partial charge in [-0.1, -0.05) is 15.9 Å². The normalized spacial score (nSPS) is 10.4. The topological polar surface area (TPSA) is 39.2 Å². The Balaban J connectivity index is 2.77. The number of hydrogen-bond acceptors (Lipinski definition) is 3. The van der Waals surface area contributed by atoms with Crippen molar-refractivity contribution in [1.29, 1.82) is 0 Å². The molecule has 0 radical (unpaired) electrons. The highest BCUT2D eigenvalue weighted by Gasteiger charge is 2.12. The molecule has 0 atom stereocenters. The van der Waals surface area contributed by atoms with Gasteiger partial charge in [0, 0.05) is 20.5 Å². The Hall–Kier alpha value is -0.940. The molecule has 0 N–H and O–H groups in total. The van der Waals surface area contributed by atoms with Crippen molar-refractivity contribution >= 4 is 48.7 Å². The summed E-state index contributed by atoms with van der Waals surface area (Å²) in [6.45, 7) is 0. The summed E-state index contributed by atoms with van der Waals surface area (Å²) in [5, 5.41) is 0.879. The van der Waals surface area contributed by atoms with E-state index in [-0.39, 0.29) is 5.97 Å². The number of ether oxygens (including phenoxy) is 1. The molecule has 1 aromatic carbocycles. The van der Waals surface area contributed by atoms with Crippen LogP contribution in [0.3, 0.4) is 0 Å². The molecule has 0 saturated heterocycles. The fraction of sp³-hybridized carbons (Fsp3) is 0.0909. The molecular formula is C11H7Br2NO2. The molecule has 82 valence electrons.